The summed E-state index contributed by atoms with van der Waals surface area (Å²) in [6.07, 6.45) is 0. The van der Waals surface area contributed by atoms with Gasteiger partial charge in [0.25, 0.3) is 5.91 Å². The average Bonchev–Trinajstić information content (AvgIpc) is 3.26. The molecule has 1 amide bonds. The Morgan fingerprint density at radius 2 is 1.56 bits per heavy atom. The zero-order valence-electron chi connectivity index (χ0n) is 20.8. The monoisotopic (exact) mass is 483 g/mol. The maximum absolute atomic E-state index is 12.4. The molecule has 0 bridgehead atoms. The first-order valence-corrected chi connectivity index (χ1v) is 12.6. The average molecular weight is 484 g/mol. The number of hydrogen-bond acceptors (Lipinski definition) is 5. The molecule has 1 N–H and O–H groups in total. The highest BCUT2D eigenvalue weighted by molar-refractivity contribution is 5.94. The van der Waals surface area contributed by atoms with Crippen molar-refractivity contribution in [3.05, 3.63) is 90.3 Å². The Kier molecular flexibility index (Phi) is 7.59. The van der Waals surface area contributed by atoms with Gasteiger partial charge in [0.2, 0.25) is 0 Å². The number of para-hydroxylation sites is 1. The number of anilines is 1. The van der Waals surface area contributed by atoms with Gasteiger partial charge >= 0.3 is 0 Å². The third-order valence-corrected chi connectivity index (χ3v) is 6.62. The summed E-state index contributed by atoms with van der Waals surface area (Å²) in [4.78, 5) is 22.3. The molecule has 4 aromatic rings. The van der Waals surface area contributed by atoms with Crippen molar-refractivity contribution in [1.29, 1.82) is 0 Å². The summed E-state index contributed by atoms with van der Waals surface area (Å²) in [5, 5.41) is 2.93. The molecule has 1 aliphatic rings. The molecular formula is C29H33N5O2. The van der Waals surface area contributed by atoms with Crippen LogP contribution in [0.5, 0.6) is 5.75 Å². The molecule has 1 saturated heterocycles. The molecule has 0 aliphatic carbocycles. The van der Waals surface area contributed by atoms with Gasteiger partial charge in [0.1, 0.15) is 11.6 Å². The quantitative estimate of drug-likeness (QED) is 0.383. The van der Waals surface area contributed by atoms with Crippen LogP contribution in [0.4, 0.5) is 5.69 Å². The number of piperazine rings is 1. The zero-order chi connectivity index (χ0) is 24.7. The molecule has 0 atom stereocenters. The number of benzene rings is 3. The number of nitrogens with one attached hydrogen (secondary N) is 1. The van der Waals surface area contributed by atoms with E-state index < -0.39 is 0 Å². The third-order valence-electron chi connectivity index (χ3n) is 6.62. The number of imidazole rings is 1. The topological polar surface area (TPSA) is 62.6 Å². The van der Waals surface area contributed by atoms with Gasteiger partial charge in [-0.15, -0.1) is 0 Å². The first kappa shape index (κ1) is 24.0. The molecule has 1 fully saturated rings. The Hall–Kier alpha value is -3.68. The fraction of sp³-hybridized carbons (Fsp3) is 0.310. The highest BCUT2D eigenvalue weighted by Gasteiger charge is 2.20. The Bertz CT molecular complexity index is 1280. The van der Waals surface area contributed by atoms with E-state index in [0.717, 1.165) is 68.4 Å². The molecular weight excluding hydrogens is 450 g/mol. The van der Waals surface area contributed by atoms with Crippen LogP contribution < -0.4 is 10.1 Å². The summed E-state index contributed by atoms with van der Waals surface area (Å²) >= 11 is 0. The predicted molar refractivity (Wildman–Crippen MR) is 143 cm³/mol. The first-order valence-electron chi connectivity index (χ1n) is 12.6. The predicted octanol–water partition coefficient (Wildman–Crippen LogP) is 4.39. The highest BCUT2D eigenvalue weighted by Crippen LogP contribution is 2.22. The van der Waals surface area contributed by atoms with Crippen molar-refractivity contribution < 1.29 is 9.53 Å². The van der Waals surface area contributed by atoms with E-state index in [9.17, 15) is 4.79 Å². The summed E-state index contributed by atoms with van der Waals surface area (Å²) in [5.74, 6) is 1.55. The van der Waals surface area contributed by atoms with E-state index in [1.165, 1.54) is 5.56 Å². The molecule has 1 aliphatic heterocycles. The lowest BCUT2D eigenvalue weighted by atomic mass is 10.2. The van der Waals surface area contributed by atoms with Gasteiger partial charge in [-0.3, -0.25) is 14.6 Å². The van der Waals surface area contributed by atoms with Crippen molar-refractivity contribution in [3.8, 4) is 5.75 Å². The number of amides is 1. The number of aryl methyl sites for hydroxylation is 1. The molecule has 0 unspecified atom stereocenters. The van der Waals surface area contributed by atoms with Gasteiger partial charge in [0, 0.05) is 45.0 Å². The van der Waals surface area contributed by atoms with E-state index in [4.69, 9.17) is 9.72 Å². The number of ether oxygens (including phenoxy) is 1. The number of carbonyl (C=O) groups excluding carboxylic acids is 1. The maximum Gasteiger partial charge on any atom is 0.262 e. The fourth-order valence-corrected chi connectivity index (χ4v) is 4.74. The SMILES string of the molecule is CCn1c(CN2CCN(Cc3ccccc3)CC2)nc2cc(NC(=O)COc3ccccc3)ccc21. The van der Waals surface area contributed by atoms with Crippen molar-refractivity contribution in [2.45, 2.75) is 26.6 Å². The largest absolute Gasteiger partial charge is 0.484 e. The number of aromatic nitrogens is 2. The van der Waals surface area contributed by atoms with Gasteiger partial charge in [-0.25, -0.2) is 4.98 Å². The van der Waals surface area contributed by atoms with Crippen molar-refractivity contribution in [1.82, 2.24) is 19.4 Å². The van der Waals surface area contributed by atoms with E-state index in [2.05, 4.69) is 56.9 Å². The van der Waals surface area contributed by atoms with Crippen molar-refractivity contribution in [3.63, 3.8) is 0 Å². The standard InChI is InChI=1S/C29H33N5O2/c1-2-34-27-14-13-24(30-29(35)22-36-25-11-7-4-8-12-25)19-26(27)31-28(34)21-33-17-15-32(16-18-33)20-23-9-5-3-6-10-23/h3-14,19H,2,15-18,20-22H2,1H3,(H,30,35). The van der Waals surface area contributed by atoms with Crippen LogP contribution in [0.15, 0.2) is 78.9 Å². The van der Waals surface area contributed by atoms with E-state index in [1.807, 2.05) is 48.5 Å². The van der Waals surface area contributed by atoms with E-state index >= 15 is 0 Å². The molecule has 7 nitrogen and oxygen atoms in total. The van der Waals surface area contributed by atoms with Crippen LogP contribution in [-0.4, -0.2) is 58.0 Å². The van der Waals surface area contributed by atoms with Crippen LogP contribution in [0.2, 0.25) is 0 Å². The minimum atomic E-state index is -0.193. The number of rotatable bonds is 9. The van der Waals surface area contributed by atoms with Gasteiger partial charge < -0.3 is 14.6 Å². The molecule has 3 aromatic carbocycles. The lowest BCUT2D eigenvalue weighted by Crippen LogP contribution is -2.45. The zero-order valence-corrected chi connectivity index (χ0v) is 20.8. The summed E-state index contributed by atoms with van der Waals surface area (Å²) in [5.41, 5.74) is 4.09. The second-order valence-electron chi connectivity index (χ2n) is 9.16. The van der Waals surface area contributed by atoms with Gasteiger partial charge in [0.05, 0.1) is 17.6 Å². The number of hydrogen-bond donors (Lipinski definition) is 1. The second-order valence-corrected chi connectivity index (χ2v) is 9.16. The van der Waals surface area contributed by atoms with Crippen LogP contribution in [-0.2, 0) is 24.4 Å². The molecule has 5 rings (SSSR count). The molecule has 0 spiro atoms. The maximum atomic E-state index is 12.4. The third kappa shape index (κ3) is 5.93. The van der Waals surface area contributed by atoms with Crippen molar-refractivity contribution >= 4 is 22.6 Å². The number of fused-ring (bicyclic) bond motifs is 1. The molecule has 1 aromatic heterocycles. The van der Waals surface area contributed by atoms with Gasteiger partial charge in [-0.05, 0) is 42.8 Å². The van der Waals surface area contributed by atoms with Crippen molar-refractivity contribution in [2.75, 3.05) is 38.1 Å². The van der Waals surface area contributed by atoms with Crippen LogP contribution in [0.1, 0.15) is 18.3 Å². The molecule has 7 heteroatoms. The summed E-state index contributed by atoms with van der Waals surface area (Å²) < 4.78 is 7.83. The Morgan fingerprint density at radius 1 is 0.889 bits per heavy atom. The lowest BCUT2D eigenvalue weighted by Gasteiger charge is -2.34. The van der Waals surface area contributed by atoms with Crippen LogP contribution in [0.25, 0.3) is 11.0 Å². The second kappa shape index (κ2) is 11.4. The van der Waals surface area contributed by atoms with E-state index in [-0.39, 0.29) is 12.5 Å². The Balaban J connectivity index is 1.19. The molecule has 2 heterocycles. The van der Waals surface area contributed by atoms with Gasteiger partial charge in [0.15, 0.2) is 6.61 Å². The summed E-state index contributed by atoms with van der Waals surface area (Å²) in [7, 11) is 0. The smallest absolute Gasteiger partial charge is 0.262 e. The van der Waals surface area contributed by atoms with Gasteiger partial charge in [-0.2, -0.15) is 0 Å². The molecule has 0 radical (unpaired) electrons. The van der Waals surface area contributed by atoms with E-state index in [0.29, 0.717) is 5.75 Å². The number of carbonyl (C=O) groups is 1. The Morgan fingerprint density at radius 3 is 2.25 bits per heavy atom. The van der Waals surface area contributed by atoms with Crippen molar-refractivity contribution in [2.24, 2.45) is 0 Å². The lowest BCUT2D eigenvalue weighted by molar-refractivity contribution is -0.118. The summed E-state index contributed by atoms with van der Waals surface area (Å²) in [6.45, 7) is 8.99. The van der Waals surface area contributed by atoms with Crippen LogP contribution in [0, 0.1) is 0 Å². The van der Waals surface area contributed by atoms with Gasteiger partial charge in [-0.1, -0.05) is 48.5 Å². The first-order chi connectivity index (χ1) is 17.7. The van der Waals surface area contributed by atoms with E-state index in [1.54, 1.807) is 0 Å². The fourth-order valence-electron chi connectivity index (χ4n) is 4.74. The normalized spacial score (nSPS) is 14.7. The minimum Gasteiger partial charge on any atom is -0.484 e. The Labute approximate surface area is 212 Å². The minimum absolute atomic E-state index is 0.0348. The van der Waals surface area contributed by atoms with Crippen LogP contribution >= 0.6 is 0 Å². The number of nitrogens with zero attached hydrogens (tertiary/aromatic N) is 4. The summed E-state index contributed by atoms with van der Waals surface area (Å²) in [6, 6.07) is 25.9. The molecule has 186 valence electrons. The molecule has 0 saturated carbocycles. The van der Waals surface area contributed by atoms with Crippen LogP contribution in [0.3, 0.4) is 0 Å². The molecule has 36 heavy (non-hydrogen) atoms. The highest BCUT2D eigenvalue weighted by atomic mass is 16.5.